The third-order valence-electron chi connectivity index (χ3n) is 2.90. The van der Waals surface area contributed by atoms with Crippen molar-refractivity contribution in [3.63, 3.8) is 0 Å². The molecular formula is C11H23N3. The number of nitrogens with zero attached hydrogens (tertiary/aromatic N) is 2. The Labute approximate surface area is 87.6 Å². The molecule has 0 saturated carbocycles. The Morgan fingerprint density at radius 2 is 2.21 bits per heavy atom. The average Bonchev–Trinajstić information content (AvgIpc) is 2.29. The van der Waals surface area contributed by atoms with Crippen LogP contribution >= 0.6 is 0 Å². The van der Waals surface area contributed by atoms with E-state index in [1.54, 1.807) is 0 Å². The van der Waals surface area contributed by atoms with Gasteiger partial charge in [-0.25, -0.2) is 0 Å². The van der Waals surface area contributed by atoms with Crippen molar-refractivity contribution in [1.82, 2.24) is 9.80 Å². The smallest absolute Gasteiger partial charge is 0.0206 e. The molecule has 0 aromatic carbocycles. The molecule has 1 aliphatic heterocycles. The van der Waals surface area contributed by atoms with E-state index in [1.165, 1.54) is 19.5 Å². The van der Waals surface area contributed by atoms with Crippen molar-refractivity contribution in [3.05, 3.63) is 12.2 Å². The highest BCUT2D eigenvalue weighted by atomic mass is 15.2. The lowest BCUT2D eigenvalue weighted by molar-refractivity contribution is 0.217. The molecule has 0 amide bonds. The molecule has 0 bridgehead atoms. The van der Waals surface area contributed by atoms with Gasteiger partial charge in [0.25, 0.3) is 0 Å². The van der Waals surface area contributed by atoms with Crippen molar-refractivity contribution >= 4 is 0 Å². The Bertz CT molecular complexity index is 191. The highest BCUT2D eigenvalue weighted by Crippen LogP contribution is 2.09. The summed E-state index contributed by atoms with van der Waals surface area (Å²) < 4.78 is 0. The second-order valence-corrected chi connectivity index (χ2v) is 4.39. The van der Waals surface area contributed by atoms with E-state index in [9.17, 15) is 0 Å². The zero-order valence-corrected chi connectivity index (χ0v) is 9.50. The van der Waals surface area contributed by atoms with Gasteiger partial charge in [0, 0.05) is 32.2 Å². The maximum atomic E-state index is 5.56. The van der Waals surface area contributed by atoms with Gasteiger partial charge in [-0.15, -0.1) is 0 Å². The Kier molecular flexibility index (Phi) is 4.58. The standard InChI is InChI=1S/C11H23N3/c1-10(7-12)8-14-6-4-5-13(3)9-11(14)2/h11H,1,4-9,12H2,2-3H3. The normalized spacial score (nSPS) is 26.1. The lowest BCUT2D eigenvalue weighted by Gasteiger charge is -2.28. The Balaban J connectivity index is 2.46. The molecule has 1 atom stereocenters. The summed E-state index contributed by atoms with van der Waals surface area (Å²) in [6.45, 7) is 11.4. The van der Waals surface area contributed by atoms with Gasteiger partial charge < -0.3 is 10.6 Å². The van der Waals surface area contributed by atoms with E-state index >= 15 is 0 Å². The van der Waals surface area contributed by atoms with Crippen LogP contribution in [0.2, 0.25) is 0 Å². The maximum absolute atomic E-state index is 5.56. The minimum Gasteiger partial charge on any atom is -0.327 e. The first-order valence-corrected chi connectivity index (χ1v) is 5.42. The third kappa shape index (κ3) is 3.40. The number of rotatable bonds is 3. The predicted molar refractivity (Wildman–Crippen MR) is 61.3 cm³/mol. The van der Waals surface area contributed by atoms with Gasteiger partial charge in [-0.3, -0.25) is 4.90 Å². The first kappa shape index (κ1) is 11.7. The van der Waals surface area contributed by atoms with Crippen LogP contribution in [0.5, 0.6) is 0 Å². The molecule has 82 valence electrons. The quantitative estimate of drug-likeness (QED) is 0.670. The predicted octanol–water partition coefficient (Wildman–Crippen LogP) is 0.527. The highest BCUT2D eigenvalue weighted by Gasteiger charge is 2.19. The zero-order valence-electron chi connectivity index (χ0n) is 9.50. The first-order chi connectivity index (χ1) is 6.63. The monoisotopic (exact) mass is 197 g/mol. The Hall–Kier alpha value is -0.380. The number of nitrogens with two attached hydrogens (primary N) is 1. The lowest BCUT2D eigenvalue weighted by Crippen LogP contribution is -2.39. The molecule has 3 heteroatoms. The van der Waals surface area contributed by atoms with E-state index < -0.39 is 0 Å². The topological polar surface area (TPSA) is 32.5 Å². The number of hydrogen-bond acceptors (Lipinski definition) is 3. The second-order valence-electron chi connectivity index (χ2n) is 4.39. The van der Waals surface area contributed by atoms with E-state index in [4.69, 9.17) is 5.73 Å². The van der Waals surface area contributed by atoms with E-state index in [1.807, 2.05) is 0 Å². The van der Waals surface area contributed by atoms with Gasteiger partial charge in [-0.2, -0.15) is 0 Å². The van der Waals surface area contributed by atoms with Gasteiger partial charge in [0.2, 0.25) is 0 Å². The molecule has 0 aromatic rings. The summed E-state index contributed by atoms with van der Waals surface area (Å²) in [7, 11) is 2.19. The molecule has 0 aromatic heterocycles. The van der Waals surface area contributed by atoms with Gasteiger partial charge in [-0.05, 0) is 32.5 Å². The summed E-state index contributed by atoms with van der Waals surface area (Å²) in [5, 5.41) is 0. The van der Waals surface area contributed by atoms with Crippen LogP contribution in [-0.2, 0) is 0 Å². The summed E-state index contributed by atoms with van der Waals surface area (Å²) in [6.07, 6.45) is 1.25. The van der Waals surface area contributed by atoms with Crippen molar-refractivity contribution < 1.29 is 0 Å². The first-order valence-electron chi connectivity index (χ1n) is 5.42. The molecule has 0 spiro atoms. The maximum Gasteiger partial charge on any atom is 0.0206 e. The van der Waals surface area contributed by atoms with Crippen LogP contribution in [-0.4, -0.2) is 55.6 Å². The molecule has 1 aliphatic rings. The summed E-state index contributed by atoms with van der Waals surface area (Å²) in [5.74, 6) is 0. The van der Waals surface area contributed by atoms with E-state index in [0.717, 1.165) is 18.7 Å². The molecule has 1 rings (SSSR count). The molecule has 0 aliphatic carbocycles. The van der Waals surface area contributed by atoms with Crippen molar-refractivity contribution in [2.45, 2.75) is 19.4 Å². The highest BCUT2D eigenvalue weighted by molar-refractivity contribution is 4.99. The Morgan fingerprint density at radius 1 is 1.50 bits per heavy atom. The summed E-state index contributed by atoms with van der Waals surface area (Å²) >= 11 is 0. The van der Waals surface area contributed by atoms with Crippen LogP contribution in [0.15, 0.2) is 12.2 Å². The van der Waals surface area contributed by atoms with E-state index in [-0.39, 0.29) is 0 Å². The SMILES string of the molecule is C=C(CN)CN1CCCN(C)CC1C. The molecule has 1 fully saturated rings. The fourth-order valence-electron chi connectivity index (χ4n) is 2.01. The second kappa shape index (κ2) is 5.49. The van der Waals surface area contributed by atoms with Crippen LogP contribution in [0, 0.1) is 0 Å². The van der Waals surface area contributed by atoms with E-state index in [2.05, 4.69) is 30.4 Å². The van der Waals surface area contributed by atoms with Gasteiger partial charge in [0.1, 0.15) is 0 Å². The number of hydrogen-bond donors (Lipinski definition) is 1. The van der Waals surface area contributed by atoms with Crippen LogP contribution in [0.4, 0.5) is 0 Å². The van der Waals surface area contributed by atoms with Crippen molar-refractivity contribution in [2.75, 3.05) is 39.8 Å². The lowest BCUT2D eigenvalue weighted by atomic mass is 10.2. The zero-order chi connectivity index (χ0) is 10.6. The number of likely N-dealkylation sites (N-methyl/N-ethyl adjacent to an activating group) is 1. The molecule has 2 N–H and O–H groups in total. The largest absolute Gasteiger partial charge is 0.327 e. The summed E-state index contributed by atoms with van der Waals surface area (Å²) in [6, 6.07) is 0.616. The van der Waals surface area contributed by atoms with Gasteiger partial charge in [0.15, 0.2) is 0 Å². The van der Waals surface area contributed by atoms with Crippen molar-refractivity contribution in [2.24, 2.45) is 5.73 Å². The van der Waals surface area contributed by atoms with Gasteiger partial charge in [0.05, 0.1) is 0 Å². The van der Waals surface area contributed by atoms with Gasteiger partial charge in [-0.1, -0.05) is 6.58 Å². The average molecular weight is 197 g/mol. The van der Waals surface area contributed by atoms with Crippen LogP contribution in [0.3, 0.4) is 0 Å². The molecule has 0 radical (unpaired) electrons. The molecule has 1 heterocycles. The molecule has 1 unspecified atom stereocenters. The van der Waals surface area contributed by atoms with Crippen LogP contribution in [0.1, 0.15) is 13.3 Å². The summed E-state index contributed by atoms with van der Waals surface area (Å²) in [5.41, 5.74) is 6.70. The van der Waals surface area contributed by atoms with Crippen molar-refractivity contribution in [1.29, 1.82) is 0 Å². The van der Waals surface area contributed by atoms with Gasteiger partial charge >= 0.3 is 0 Å². The minimum atomic E-state index is 0.610. The fourth-order valence-corrected chi connectivity index (χ4v) is 2.01. The van der Waals surface area contributed by atoms with Crippen LogP contribution < -0.4 is 5.73 Å². The van der Waals surface area contributed by atoms with Crippen LogP contribution in [0.25, 0.3) is 0 Å². The molecule has 3 nitrogen and oxygen atoms in total. The fraction of sp³-hybridized carbons (Fsp3) is 0.818. The molecule has 14 heavy (non-hydrogen) atoms. The molecular weight excluding hydrogens is 174 g/mol. The third-order valence-corrected chi connectivity index (χ3v) is 2.90. The minimum absolute atomic E-state index is 0.610. The Morgan fingerprint density at radius 3 is 2.86 bits per heavy atom. The molecule has 1 saturated heterocycles. The van der Waals surface area contributed by atoms with E-state index in [0.29, 0.717) is 12.6 Å². The summed E-state index contributed by atoms with van der Waals surface area (Å²) in [4.78, 5) is 4.88. The van der Waals surface area contributed by atoms with Crippen molar-refractivity contribution in [3.8, 4) is 0 Å².